The Morgan fingerprint density at radius 1 is 1.13 bits per heavy atom. The fraction of sp³-hybridized carbons (Fsp3) is 0.462. The van der Waals surface area contributed by atoms with Crippen molar-refractivity contribution in [3.63, 3.8) is 0 Å². The van der Waals surface area contributed by atoms with Gasteiger partial charge in [-0.3, -0.25) is 4.79 Å². The van der Waals surface area contributed by atoms with E-state index in [1.165, 1.54) is 11.3 Å². The number of aldehydes is 1. The van der Waals surface area contributed by atoms with Crippen molar-refractivity contribution in [3.05, 3.63) is 28.8 Å². The van der Waals surface area contributed by atoms with Crippen molar-refractivity contribution in [3.8, 4) is 0 Å². The van der Waals surface area contributed by atoms with E-state index < -0.39 is 0 Å². The van der Waals surface area contributed by atoms with Crippen LogP contribution in [0.1, 0.15) is 35.3 Å². The number of hydrogen-bond donors (Lipinski definition) is 0. The van der Waals surface area contributed by atoms with Crippen molar-refractivity contribution in [1.82, 2.24) is 0 Å². The molecule has 0 aromatic heterocycles. The lowest BCUT2D eigenvalue weighted by Gasteiger charge is -2.24. The Balaban J connectivity index is 3.20. The third-order valence-corrected chi connectivity index (χ3v) is 2.82. The molecule has 0 spiro atoms. The summed E-state index contributed by atoms with van der Waals surface area (Å²) in [7, 11) is 0. The summed E-state index contributed by atoms with van der Waals surface area (Å²) >= 11 is 0. The van der Waals surface area contributed by atoms with Gasteiger partial charge in [-0.05, 0) is 51.0 Å². The standard InChI is InChI=1S/C13H19NO/c1-5-14(6-2)13-8-10(3)12(9-15)7-11(13)4/h7-9H,5-6H2,1-4H3. The Labute approximate surface area is 91.9 Å². The summed E-state index contributed by atoms with van der Waals surface area (Å²) in [4.78, 5) is 13.1. The highest BCUT2D eigenvalue weighted by atomic mass is 16.1. The maximum absolute atomic E-state index is 10.8. The zero-order valence-corrected chi connectivity index (χ0v) is 10.0. The van der Waals surface area contributed by atoms with E-state index in [-0.39, 0.29) is 0 Å². The summed E-state index contributed by atoms with van der Waals surface area (Å²) in [6.07, 6.45) is 0.925. The van der Waals surface area contributed by atoms with E-state index in [2.05, 4.69) is 31.7 Å². The van der Waals surface area contributed by atoms with Crippen molar-refractivity contribution in [2.24, 2.45) is 0 Å². The molecule has 0 aliphatic carbocycles. The summed E-state index contributed by atoms with van der Waals surface area (Å²) in [5, 5.41) is 0. The zero-order chi connectivity index (χ0) is 11.4. The Kier molecular flexibility index (Phi) is 3.89. The average Bonchev–Trinajstić information content (AvgIpc) is 2.24. The first-order valence-corrected chi connectivity index (χ1v) is 5.45. The molecule has 0 bridgehead atoms. The van der Waals surface area contributed by atoms with Crippen LogP contribution >= 0.6 is 0 Å². The van der Waals surface area contributed by atoms with Crippen molar-refractivity contribution < 1.29 is 4.79 Å². The number of rotatable bonds is 4. The Hall–Kier alpha value is -1.31. The maximum Gasteiger partial charge on any atom is 0.150 e. The van der Waals surface area contributed by atoms with E-state index in [4.69, 9.17) is 0 Å². The van der Waals surface area contributed by atoms with Crippen molar-refractivity contribution >= 4 is 12.0 Å². The summed E-state index contributed by atoms with van der Waals surface area (Å²) in [5.74, 6) is 0. The molecule has 2 heteroatoms. The van der Waals surface area contributed by atoms with E-state index in [0.717, 1.165) is 30.5 Å². The first-order chi connectivity index (χ1) is 7.13. The topological polar surface area (TPSA) is 20.3 Å². The Morgan fingerprint density at radius 3 is 2.20 bits per heavy atom. The van der Waals surface area contributed by atoms with E-state index in [1.54, 1.807) is 0 Å². The molecule has 0 saturated carbocycles. The minimum atomic E-state index is 0.795. The molecule has 1 rings (SSSR count). The highest BCUT2D eigenvalue weighted by Gasteiger charge is 2.08. The van der Waals surface area contributed by atoms with Crippen LogP contribution in [0.5, 0.6) is 0 Å². The quantitative estimate of drug-likeness (QED) is 0.704. The number of anilines is 1. The molecule has 0 aliphatic heterocycles. The number of carbonyl (C=O) groups is 1. The molecule has 2 nitrogen and oxygen atoms in total. The van der Waals surface area contributed by atoms with Crippen LogP contribution in [0.4, 0.5) is 5.69 Å². The van der Waals surface area contributed by atoms with Crippen LogP contribution in [0, 0.1) is 13.8 Å². The Bertz CT molecular complexity index is 354. The molecule has 1 aromatic carbocycles. The second-order valence-electron chi connectivity index (χ2n) is 3.79. The van der Waals surface area contributed by atoms with Crippen LogP contribution in [0.3, 0.4) is 0 Å². The van der Waals surface area contributed by atoms with Crippen LogP contribution in [0.2, 0.25) is 0 Å². The fourth-order valence-electron chi connectivity index (χ4n) is 1.86. The second kappa shape index (κ2) is 4.96. The molecule has 0 saturated heterocycles. The Morgan fingerprint density at radius 2 is 1.73 bits per heavy atom. The van der Waals surface area contributed by atoms with E-state index in [9.17, 15) is 4.79 Å². The van der Waals surface area contributed by atoms with Gasteiger partial charge in [0.25, 0.3) is 0 Å². The molecule has 82 valence electrons. The number of hydrogen-bond acceptors (Lipinski definition) is 2. The first-order valence-electron chi connectivity index (χ1n) is 5.45. The van der Waals surface area contributed by atoms with Crippen molar-refractivity contribution in [1.29, 1.82) is 0 Å². The fourth-order valence-corrected chi connectivity index (χ4v) is 1.86. The molecule has 0 radical (unpaired) electrons. The van der Waals surface area contributed by atoms with Gasteiger partial charge in [-0.2, -0.15) is 0 Å². The number of benzene rings is 1. The highest BCUT2D eigenvalue weighted by Crippen LogP contribution is 2.23. The third-order valence-electron chi connectivity index (χ3n) is 2.82. The predicted octanol–water partition coefficient (Wildman–Crippen LogP) is 2.96. The third kappa shape index (κ3) is 2.38. The van der Waals surface area contributed by atoms with E-state index in [1.807, 2.05) is 13.0 Å². The average molecular weight is 205 g/mol. The van der Waals surface area contributed by atoms with E-state index >= 15 is 0 Å². The summed E-state index contributed by atoms with van der Waals surface area (Å²) < 4.78 is 0. The largest absolute Gasteiger partial charge is 0.372 e. The van der Waals surface area contributed by atoms with Crippen LogP contribution < -0.4 is 4.90 Å². The van der Waals surface area contributed by atoms with Gasteiger partial charge in [0.1, 0.15) is 6.29 Å². The summed E-state index contributed by atoms with van der Waals surface area (Å²) in [6, 6.07) is 4.07. The van der Waals surface area contributed by atoms with Crippen LogP contribution in [-0.4, -0.2) is 19.4 Å². The molecule has 0 aliphatic rings. The van der Waals surface area contributed by atoms with Gasteiger partial charge in [0.15, 0.2) is 0 Å². The highest BCUT2D eigenvalue weighted by molar-refractivity contribution is 5.79. The number of aryl methyl sites for hydroxylation is 2. The van der Waals surface area contributed by atoms with Crippen molar-refractivity contribution in [2.75, 3.05) is 18.0 Å². The summed E-state index contributed by atoms with van der Waals surface area (Å²) in [5.41, 5.74) is 4.26. The van der Waals surface area contributed by atoms with E-state index in [0.29, 0.717) is 0 Å². The van der Waals surface area contributed by atoms with Gasteiger partial charge in [-0.25, -0.2) is 0 Å². The molecule has 1 aromatic rings. The monoisotopic (exact) mass is 205 g/mol. The van der Waals surface area contributed by atoms with Gasteiger partial charge in [0.05, 0.1) is 0 Å². The molecular weight excluding hydrogens is 186 g/mol. The normalized spacial score (nSPS) is 10.1. The molecule has 0 fully saturated rings. The second-order valence-corrected chi connectivity index (χ2v) is 3.79. The molecular formula is C13H19NO. The lowest BCUT2D eigenvalue weighted by molar-refractivity contribution is 0.112. The number of carbonyl (C=O) groups excluding carboxylic acids is 1. The van der Waals surface area contributed by atoms with Gasteiger partial charge in [0, 0.05) is 24.3 Å². The number of nitrogens with zero attached hydrogens (tertiary/aromatic N) is 1. The predicted molar refractivity (Wildman–Crippen MR) is 64.9 cm³/mol. The van der Waals surface area contributed by atoms with Gasteiger partial charge in [-0.15, -0.1) is 0 Å². The lowest BCUT2D eigenvalue weighted by Crippen LogP contribution is -2.22. The molecule has 0 amide bonds. The first kappa shape index (κ1) is 11.8. The molecule has 0 unspecified atom stereocenters. The van der Waals surface area contributed by atoms with Crippen LogP contribution in [0.15, 0.2) is 12.1 Å². The van der Waals surface area contributed by atoms with Crippen LogP contribution in [0.25, 0.3) is 0 Å². The van der Waals surface area contributed by atoms with Gasteiger partial charge < -0.3 is 4.90 Å². The molecule has 0 atom stereocenters. The lowest BCUT2D eigenvalue weighted by atomic mass is 10.0. The van der Waals surface area contributed by atoms with Gasteiger partial charge in [-0.1, -0.05) is 0 Å². The van der Waals surface area contributed by atoms with Gasteiger partial charge >= 0.3 is 0 Å². The van der Waals surface area contributed by atoms with Crippen LogP contribution in [-0.2, 0) is 0 Å². The molecule has 0 heterocycles. The molecule has 0 N–H and O–H groups in total. The van der Waals surface area contributed by atoms with Gasteiger partial charge in [0.2, 0.25) is 0 Å². The minimum absolute atomic E-state index is 0.795. The molecule has 15 heavy (non-hydrogen) atoms. The SMILES string of the molecule is CCN(CC)c1cc(C)c(C=O)cc1C. The smallest absolute Gasteiger partial charge is 0.150 e. The zero-order valence-electron chi connectivity index (χ0n) is 10.0. The maximum atomic E-state index is 10.8. The minimum Gasteiger partial charge on any atom is -0.372 e. The van der Waals surface area contributed by atoms with Crippen molar-refractivity contribution in [2.45, 2.75) is 27.7 Å². The summed E-state index contributed by atoms with van der Waals surface area (Å²) in [6.45, 7) is 10.3.